The van der Waals surface area contributed by atoms with E-state index in [1.54, 1.807) is 31.3 Å². The average Bonchev–Trinajstić information content (AvgIpc) is 2.96. The van der Waals surface area contributed by atoms with Gasteiger partial charge in [-0.1, -0.05) is 78.1 Å². The van der Waals surface area contributed by atoms with E-state index in [2.05, 4.69) is 19.2 Å². The van der Waals surface area contributed by atoms with Crippen LogP contribution in [0.5, 0.6) is 5.75 Å². The van der Waals surface area contributed by atoms with E-state index in [0.29, 0.717) is 5.75 Å². The SMILES string of the molecule is CCCCCCCCOC(=O)c1ccc(C(=O)Oc2ccc(NC)cc2)cc1C(=O)OCCCCCCCC. The molecule has 0 unspecified atom stereocenters. The van der Waals surface area contributed by atoms with Crippen molar-refractivity contribution in [3.8, 4) is 5.75 Å². The first-order chi connectivity index (χ1) is 19.0. The Labute approximate surface area is 233 Å². The first kappa shape index (κ1) is 31.9. The van der Waals surface area contributed by atoms with Crippen LogP contribution in [0.3, 0.4) is 0 Å². The number of nitrogens with one attached hydrogen (secondary N) is 1. The molecule has 2 rings (SSSR count). The van der Waals surface area contributed by atoms with Gasteiger partial charge < -0.3 is 19.5 Å². The van der Waals surface area contributed by atoms with Gasteiger partial charge in [0.2, 0.25) is 0 Å². The number of esters is 3. The fourth-order valence-electron chi connectivity index (χ4n) is 4.12. The van der Waals surface area contributed by atoms with Crippen LogP contribution in [0.1, 0.15) is 122 Å². The summed E-state index contributed by atoms with van der Waals surface area (Å²) < 4.78 is 16.4. The lowest BCUT2D eigenvalue weighted by Gasteiger charge is -2.12. The molecule has 2 aromatic rings. The van der Waals surface area contributed by atoms with Gasteiger partial charge in [0.15, 0.2) is 0 Å². The molecule has 214 valence electrons. The van der Waals surface area contributed by atoms with Gasteiger partial charge in [-0.25, -0.2) is 14.4 Å². The third kappa shape index (κ3) is 11.9. The molecule has 0 spiro atoms. The van der Waals surface area contributed by atoms with E-state index in [1.807, 2.05) is 0 Å². The molecule has 0 aliphatic carbocycles. The van der Waals surface area contributed by atoms with E-state index in [1.165, 1.54) is 56.7 Å². The maximum atomic E-state index is 13.0. The Kier molecular flexibility index (Phi) is 15.4. The highest BCUT2D eigenvalue weighted by atomic mass is 16.5. The molecule has 0 atom stereocenters. The van der Waals surface area contributed by atoms with Crippen molar-refractivity contribution < 1.29 is 28.6 Å². The molecule has 0 amide bonds. The smallest absolute Gasteiger partial charge is 0.343 e. The molecular formula is C32H45NO6. The minimum atomic E-state index is -0.650. The minimum absolute atomic E-state index is 0.00825. The van der Waals surface area contributed by atoms with Gasteiger partial charge in [0.05, 0.1) is 29.9 Å². The Morgan fingerprint density at radius 1 is 0.615 bits per heavy atom. The molecule has 39 heavy (non-hydrogen) atoms. The van der Waals surface area contributed by atoms with Gasteiger partial charge in [0.1, 0.15) is 5.75 Å². The van der Waals surface area contributed by atoms with Gasteiger partial charge in [-0.3, -0.25) is 0 Å². The summed E-state index contributed by atoms with van der Waals surface area (Å²) in [6.07, 6.45) is 12.8. The van der Waals surface area contributed by atoms with Gasteiger partial charge in [0.25, 0.3) is 0 Å². The number of carbonyl (C=O) groups is 3. The Morgan fingerprint density at radius 2 is 1.13 bits per heavy atom. The number of ether oxygens (including phenoxy) is 3. The summed E-state index contributed by atoms with van der Waals surface area (Å²) in [5.74, 6) is -1.52. The van der Waals surface area contributed by atoms with Crippen molar-refractivity contribution in [1.82, 2.24) is 0 Å². The van der Waals surface area contributed by atoms with Crippen LogP contribution < -0.4 is 10.1 Å². The Bertz CT molecular complexity index is 1020. The number of rotatable bonds is 19. The fourth-order valence-corrected chi connectivity index (χ4v) is 4.12. The quantitative estimate of drug-likeness (QED) is 0.110. The molecule has 0 saturated carbocycles. The largest absolute Gasteiger partial charge is 0.462 e. The lowest BCUT2D eigenvalue weighted by atomic mass is 10.0. The lowest BCUT2D eigenvalue weighted by Crippen LogP contribution is -2.17. The molecule has 7 nitrogen and oxygen atoms in total. The van der Waals surface area contributed by atoms with Gasteiger partial charge in [-0.15, -0.1) is 0 Å². The number of benzene rings is 2. The third-order valence-electron chi connectivity index (χ3n) is 6.51. The molecule has 0 heterocycles. The summed E-state index contributed by atoms with van der Waals surface area (Å²) in [5.41, 5.74) is 1.12. The number of hydrogen-bond donors (Lipinski definition) is 1. The third-order valence-corrected chi connectivity index (χ3v) is 6.51. The van der Waals surface area contributed by atoms with Crippen molar-refractivity contribution >= 4 is 23.6 Å². The molecule has 0 fully saturated rings. The van der Waals surface area contributed by atoms with Gasteiger partial charge in [-0.2, -0.15) is 0 Å². The molecule has 0 radical (unpaired) electrons. The van der Waals surface area contributed by atoms with Crippen molar-refractivity contribution in [3.05, 3.63) is 59.2 Å². The summed E-state index contributed by atoms with van der Waals surface area (Å²) in [4.78, 5) is 38.7. The van der Waals surface area contributed by atoms with Crippen LogP contribution in [0.25, 0.3) is 0 Å². The summed E-state index contributed by atoms with van der Waals surface area (Å²) >= 11 is 0. The highest BCUT2D eigenvalue weighted by Gasteiger charge is 2.22. The monoisotopic (exact) mass is 539 g/mol. The molecule has 0 saturated heterocycles. The van der Waals surface area contributed by atoms with Crippen LogP contribution in [0.15, 0.2) is 42.5 Å². The van der Waals surface area contributed by atoms with Crippen LogP contribution in [-0.2, 0) is 9.47 Å². The first-order valence-corrected chi connectivity index (χ1v) is 14.5. The van der Waals surface area contributed by atoms with Crippen LogP contribution >= 0.6 is 0 Å². The van der Waals surface area contributed by atoms with Gasteiger partial charge in [-0.05, 0) is 55.3 Å². The normalized spacial score (nSPS) is 10.6. The number of hydrogen-bond acceptors (Lipinski definition) is 7. The summed E-state index contributed by atoms with van der Waals surface area (Å²) in [6.45, 7) is 4.87. The second-order valence-corrected chi connectivity index (χ2v) is 9.73. The molecule has 7 heteroatoms. The van der Waals surface area contributed by atoms with Crippen molar-refractivity contribution in [1.29, 1.82) is 0 Å². The van der Waals surface area contributed by atoms with Crippen LogP contribution in [-0.4, -0.2) is 38.2 Å². The molecule has 0 aromatic heterocycles. The number of unbranched alkanes of at least 4 members (excludes halogenated alkanes) is 10. The van der Waals surface area contributed by atoms with E-state index >= 15 is 0 Å². The van der Waals surface area contributed by atoms with Crippen LogP contribution in [0.2, 0.25) is 0 Å². The maximum absolute atomic E-state index is 13.0. The van der Waals surface area contributed by atoms with Gasteiger partial charge >= 0.3 is 17.9 Å². The molecule has 0 aliphatic heterocycles. The van der Waals surface area contributed by atoms with E-state index in [9.17, 15) is 14.4 Å². The molecule has 2 aromatic carbocycles. The zero-order valence-corrected chi connectivity index (χ0v) is 23.9. The van der Waals surface area contributed by atoms with Gasteiger partial charge in [0, 0.05) is 12.7 Å². The zero-order chi connectivity index (χ0) is 28.3. The summed E-state index contributed by atoms with van der Waals surface area (Å²) in [7, 11) is 1.80. The van der Waals surface area contributed by atoms with Crippen molar-refractivity contribution in [2.75, 3.05) is 25.6 Å². The van der Waals surface area contributed by atoms with E-state index in [4.69, 9.17) is 14.2 Å². The van der Waals surface area contributed by atoms with Crippen LogP contribution in [0.4, 0.5) is 5.69 Å². The van der Waals surface area contributed by atoms with Crippen molar-refractivity contribution in [2.24, 2.45) is 0 Å². The highest BCUT2D eigenvalue weighted by molar-refractivity contribution is 6.05. The summed E-state index contributed by atoms with van der Waals surface area (Å²) in [5, 5.41) is 3.00. The van der Waals surface area contributed by atoms with E-state index in [0.717, 1.165) is 44.2 Å². The fraction of sp³-hybridized carbons (Fsp3) is 0.531. The standard InChI is InChI=1S/C32H45NO6/c1-4-6-8-10-12-14-22-37-31(35)28-21-16-25(30(34)39-27-19-17-26(33-3)18-20-27)24-29(28)32(36)38-23-15-13-11-9-7-5-2/h16-21,24,33H,4-15,22-23H2,1-3H3. The topological polar surface area (TPSA) is 90.9 Å². The predicted octanol–water partition coefficient (Wildman–Crippen LogP) is 7.98. The number of anilines is 1. The maximum Gasteiger partial charge on any atom is 0.343 e. The predicted molar refractivity (Wildman–Crippen MR) is 155 cm³/mol. The zero-order valence-electron chi connectivity index (χ0n) is 23.9. The molecular weight excluding hydrogens is 494 g/mol. The average molecular weight is 540 g/mol. The second kappa shape index (κ2) is 18.8. The Balaban J connectivity index is 2.06. The number of carbonyl (C=O) groups excluding carboxylic acids is 3. The Morgan fingerprint density at radius 3 is 1.67 bits per heavy atom. The lowest BCUT2D eigenvalue weighted by molar-refractivity contribution is 0.0450. The first-order valence-electron chi connectivity index (χ1n) is 14.5. The molecule has 1 N–H and O–H groups in total. The van der Waals surface area contributed by atoms with Crippen molar-refractivity contribution in [3.63, 3.8) is 0 Å². The van der Waals surface area contributed by atoms with Crippen LogP contribution in [0, 0.1) is 0 Å². The van der Waals surface area contributed by atoms with Crippen molar-refractivity contribution in [2.45, 2.75) is 90.9 Å². The Hall–Kier alpha value is -3.35. The van der Waals surface area contributed by atoms with E-state index in [-0.39, 0.29) is 29.9 Å². The molecule has 0 aliphatic rings. The van der Waals surface area contributed by atoms with E-state index < -0.39 is 17.9 Å². The highest BCUT2D eigenvalue weighted by Crippen LogP contribution is 2.20. The second-order valence-electron chi connectivity index (χ2n) is 9.73. The molecule has 0 bridgehead atoms. The summed E-state index contributed by atoms with van der Waals surface area (Å²) in [6, 6.07) is 11.2. The minimum Gasteiger partial charge on any atom is -0.462 e.